The first kappa shape index (κ1) is 15.6. The van der Waals surface area contributed by atoms with Crippen LogP contribution >= 0.6 is 0 Å². The molecule has 1 heterocycles. The summed E-state index contributed by atoms with van der Waals surface area (Å²) < 4.78 is 5.35. The average molecular weight is 264 g/mol. The summed E-state index contributed by atoms with van der Waals surface area (Å²) in [5, 5.41) is 0. The van der Waals surface area contributed by atoms with Crippen LogP contribution < -0.4 is 10.5 Å². The van der Waals surface area contributed by atoms with Gasteiger partial charge in [-0.25, -0.2) is 0 Å². The van der Waals surface area contributed by atoms with E-state index >= 15 is 0 Å². The van der Waals surface area contributed by atoms with Crippen LogP contribution in [0.1, 0.15) is 36.6 Å². The molecule has 1 rings (SSSR count). The minimum atomic E-state index is 0.193. The topological polar surface area (TPSA) is 65.2 Å². The molecule has 1 aromatic rings. The van der Waals surface area contributed by atoms with Crippen LogP contribution in [0.4, 0.5) is 0 Å². The van der Waals surface area contributed by atoms with Gasteiger partial charge < -0.3 is 10.5 Å². The lowest BCUT2D eigenvalue weighted by Gasteiger charge is -2.13. The lowest BCUT2D eigenvalue weighted by Crippen LogP contribution is -2.19. The number of nitrogens with zero attached hydrogens (tertiary/aromatic N) is 1. The Balaban J connectivity index is 2.80. The molecule has 0 bridgehead atoms. The van der Waals surface area contributed by atoms with Gasteiger partial charge in [-0.05, 0) is 26.3 Å². The smallest absolute Gasteiger partial charge is 0.139 e. The van der Waals surface area contributed by atoms with Gasteiger partial charge in [0.05, 0.1) is 12.8 Å². The molecule has 0 saturated heterocycles. The van der Waals surface area contributed by atoms with Gasteiger partial charge >= 0.3 is 0 Å². The van der Waals surface area contributed by atoms with Gasteiger partial charge in [-0.1, -0.05) is 13.3 Å². The number of aryl methyl sites for hydroxylation is 1. The summed E-state index contributed by atoms with van der Waals surface area (Å²) in [7, 11) is 1.64. The minimum absolute atomic E-state index is 0.193. The van der Waals surface area contributed by atoms with Gasteiger partial charge in [0.1, 0.15) is 11.5 Å². The van der Waals surface area contributed by atoms with Crippen LogP contribution in [0, 0.1) is 19.8 Å². The standard InChI is InChI=1S/C15H24N2O2/c1-5-12(8-16)6-13(18)7-14-11(3)15(19-4)10(2)9-17-14/h9,12H,5-8,16H2,1-4H3. The Labute approximate surface area is 115 Å². The van der Waals surface area contributed by atoms with Crippen molar-refractivity contribution in [1.82, 2.24) is 4.98 Å². The number of Topliss-reactive ketones (excluding diaryl/α,β-unsaturated/α-hetero) is 1. The second-order valence-corrected chi connectivity index (χ2v) is 4.98. The van der Waals surface area contributed by atoms with Crippen LogP contribution in [0.3, 0.4) is 0 Å². The molecule has 0 spiro atoms. The molecule has 0 radical (unpaired) electrons. The fraction of sp³-hybridized carbons (Fsp3) is 0.600. The number of hydrogen-bond donors (Lipinski definition) is 1. The van der Waals surface area contributed by atoms with E-state index in [0.717, 1.165) is 29.0 Å². The lowest BCUT2D eigenvalue weighted by atomic mass is 9.96. The predicted molar refractivity (Wildman–Crippen MR) is 76.4 cm³/mol. The van der Waals surface area contributed by atoms with Gasteiger partial charge in [-0.2, -0.15) is 0 Å². The second kappa shape index (κ2) is 7.24. The van der Waals surface area contributed by atoms with E-state index in [9.17, 15) is 4.79 Å². The molecule has 4 nitrogen and oxygen atoms in total. The van der Waals surface area contributed by atoms with Crippen LogP contribution in [0.15, 0.2) is 6.20 Å². The molecule has 0 aromatic carbocycles. The molecule has 106 valence electrons. The Morgan fingerprint density at radius 2 is 2.16 bits per heavy atom. The molecule has 0 fully saturated rings. The number of hydrogen-bond acceptors (Lipinski definition) is 4. The summed E-state index contributed by atoms with van der Waals surface area (Å²) in [6.45, 7) is 6.52. The normalized spacial score (nSPS) is 12.3. The third-order valence-electron chi connectivity index (χ3n) is 3.54. The van der Waals surface area contributed by atoms with E-state index < -0.39 is 0 Å². The van der Waals surface area contributed by atoms with E-state index in [1.165, 1.54) is 0 Å². The number of ketones is 1. The maximum Gasteiger partial charge on any atom is 0.139 e. The van der Waals surface area contributed by atoms with Gasteiger partial charge in [-0.3, -0.25) is 9.78 Å². The first-order valence-electron chi connectivity index (χ1n) is 6.74. The first-order valence-corrected chi connectivity index (χ1v) is 6.74. The second-order valence-electron chi connectivity index (χ2n) is 4.98. The highest BCUT2D eigenvalue weighted by Gasteiger charge is 2.15. The van der Waals surface area contributed by atoms with E-state index in [4.69, 9.17) is 10.5 Å². The molecule has 1 aromatic heterocycles. The number of pyridine rings is 1. The van der Waals surface area contributed by atoms with Crippen molar-refractivity contribution < 1.29 is 9.53 Å². The SMILES string of the molecule is CCC(CN)CC(=O)Cc1ncc(C)c(OC)c1C. The Morgan fingerprint density at radius 3 is 2.68 bits per heavy atom. The Morgan fingerprint density at radius 1 is 1.47 bits per heavy atom. The average Bonchev–Trinajstić information content (AvgIpc) is 2.40. The number of carbonyl (C=O) groups is 1. The Kier molecular flexibility index (Phi) is 5.96. The van der Waals surface area contributed by atoms with Crippen molar-refractivity contribution in [2.75, 3.05) is 13.7 Å². The molecule has 0 aliphatic rings. The molecular weight excluding hydrogens is 240 g/mol. The fourth-order valence-corrected chi connectivity index (χ4v) is 2.22. The summed E-state index contributed by atoms with van der Waals surface area (Å²) in [5.41, 5.74) is 8.38. The molecule has 4 heteroatoms. The third kappa shape index (κ3) is 4.03. The van der Waals surface area contributed by atoms with E-state index in [1.807, 2.05) is 13.8 Å². The number of carbonyl (C=O) groups excluding carboxylic acids is 1. The molecule has 1 atom stereocenters. The maximum atomic E-state index is 12.0. The van der Waals surface area contributed by atoms with Crippen LogP contribution in [0.25, 0.3) is 0 Å². The zero-order valence-electron chi connectivity index (χ0n) is 12.3. The fourth-order valence-electron chi connectivity index (χ4n) is 2.22. The summed E-state index contributed by atoms with van der Waals surface area (Å²) in [6, 6.07) is 0. The highest BCUT2D eigenvalue weighted by Crippen LogP contribution is 2.24. The molecule has 0 aliphatic carbocycles. The molecule has 0 saturated carbocycles. The Bertz CT molecular complexity index is 440. The quantitative estimate of drug-likeness (QED) is 0.820. The van der Waals surface area contributed by atoms with Crippen molar-refractivity contribution in [3.63, 3.8) is 0 Å². The highest BCUT2D eigenvalue weighted by molar-refractivity contribution is 5.81. The van der Waals surface area contributed by atoms with Crippen molar-refractivity contribution in [1.29, 1.82) is 0 Å². The van der Waals surface area contributed by atoms with Crippen molar-refractivity contribution in [3.8, 4) is 5.75 Å². The maximum absolute atomic E-state index is 12.0. The van der Waals surface area contributed by atoms with Crippen LogP contribution in [0.2, 0.25) is 0 Å². The molecule has 1 unspecified atom stereocenters. The van der Waals surface area contributed by atoms with Crippen molar-refractivity contribution in [3.05, 3.63) is 23.0 Å². The van der Waals surface area contributed by atoms with Crippen LogP contribution in [-0.4, -0.2) is 24.4 Å². The molecule has 0 aliphatic heterocycles. The molecule has 0 amide bonds. The van der Waals surface area contributed by atoms with Crippen molar-refractivity contribution in [2.45, 2.75) is 40.0 Å². The Hall–Kier alpha value is -1.42. The van der Waals surface area contributed by atoms with Crippen LogP contribution in [0.5, 0.6) is 5.75 Å². The van der Waals surface area contributed by atoms with Gasteiger partial charge in [0.2, 0.25) is 0 Å². The lowest BCUT2D eigenvalue weighted by molar-refractivity contribution is -0.119. The van der Waals surface area contributed by atoms with E-state index in [2.05, 4.69) is 11.9 Å². The number of nitrogens with two attached hydrogens (primary N) is 1. The number of rotatable bonds is 7. The van der Waals surface area contributed by atoms with Gasteiger partial charge in [0.15, 0.2) is 0 Å². The highest BCUT2D eigenvalue weighted by atomic mass is 16.5. The van der Waals surface area contributed by atoms with Crippen molar-refractivity contribution in [2.24, 2.45) is 11.7 Å². The first-order chi connectivity index (χ1) is 9.03. The van der Waals surface area contributed by atoms with Gasteiger partial charge in [-0.15, -0.1) is 0 Å². The molecule has 2 N–H and O–H groups in total. The van der Waals surface area contributed by atoms with Crippen LogP contribution in [-0.2, 0) is 11.2 Å². The molecular formula is C15H24N2O2. The summed E-state index contributed by atoms with van der Waals surface area (Å²) in [6.07, 6.45) is 3.59. The van der Waals surface area contributed by atoms with E-state index in [-0.39, 0.29) is 11.7 Å². The number of aromatic nitrogens is 1. The molecule has 19 heavy (non-hydrogen) atoms. The minimum Gasteiger partial charge on any atom is -0.496 e. The van der Waals surface area contributed by atoms with Gasteiger partial charge in [0, 0.05) is 30.2 Å². The summed E-state index contributed by atoms with van der Waals surface area (Å²) in [4.78, 5) is 16.4. The monoisotopic (exact) mass is 264 g/mol. The predicted octanol–water partition coefficient (Wildman–Crippen LogP) is 2.19. The number of ether oxygens (including phenoxy) is 1. The summed E-state index contributed by atoms with van der Waals surface area (Å²) >= 11 is 0. The van der Waals surface area contributed by atoms with E-state index in [0.29, 0.717) is 19.4 Å². The largest absolute Gasteiger partial charge is 0.496 e. The van der Waals surface area contributed by atoms with E-state index in [1.54, 1.807) is 13.3 Å². The third-order valence-corrected chi connectivity index (χ3v) is 3.54. The zero-order chi connectivity index (χ0) is 14.4. The van der Waals surface area contributed by atoms with Gasteiger partial charge in [0.25, 0.3) is 0 Å². The van der Waals surface area contributed by atoms with Crippen molar-refractivity contribution >= 4 is 5.78 Å². The number of methoxy groups -OCH3 is 1. The zero-order valence-corrected chi connectivity index (χ0v) is 12.3. The summed E-state index contributed by atoms with van der Waals surface area (Å²) in [5.74, 6) is 1.29.